The molecule has 0 amide bonds. The average Bonchev–Trinajstić information content (AvgIpc) is 1.99. The predicted molar refractivity (Wildman–Crippen MR) is 53.1 cm³/mol. The summed E-state index contributed by atoms with van der Waals surface area (Å²) >= 11 is 0. The van der Waals surface area contributed by atoms with Crippen molar-refractivity contribution < 1.29 is 4.74 Å². The molecule has 0 aliphatic heterocycles. The van der Waals surface area contributed by atoms with Crippen LogP contribution in [0.1, 0.15) is 33.6 Å². The molecule has 0 aromatic rings. The first-order valence-electron chi connectivity index (χ1n) is 4.49. The van der Waals surface area contributed by atoms with E-state index in [0.717, 1.165) is 12.8 Å². The number of rotatable bonds is 5. The van der Waals surface area contributed by atoms with Crippen LogP contribution in [0.2, 0.25) is 0 Å². The number of hydrogen-bond donors (Lipinski definition) is 1. The maximum atomic E-state index is 5.85. The van der Waals surface area contributed by atoms with E-state index in [4.69, 9.17) is 10.5 Å². The molecule has 2 nitrogen and oxygen atoms in total. The Hall–Kier alpha value is -0.340. The quantitative estimate of drug-likeness (QED) is 0.643. The lowest BCUT2D eigenvalue weighted by Gasteiger charge is -2.11. The van der Waals surface area contributed by atoms with Crippen molar-refractivity contribution in [2.24, 2.45) is 5.73 Å². The van der Waals surface area contributed by atoms with E-state index >= 15 is 0 Å². The molecule has 2 heteroatoms. The number of methoxy groups -OCH3 is 1. The molecule has 0 fully saturated rings. The maximum Gasteiger partial charge on any atom is 0.0543 e. The fourth-order valence-corrected chi connectivity index (χ4v) is 1.06. The Labute approximate surface area is 75.8 Å². The molecule has 0 aromatic carbocycles. The lowest BCUT2D eigenvalue weighted by molar-refractivity contribution is 0.108. The first-order chi connectivity index (χ1) is 5.56. The molecule has 0 heterocycles. The first-order valence-corrected chi connectivity index (χ1v) is 4.49. The van der Waals surface area contributed by atoms with Gasteiger partial charge in [-0.25, -0.2) is 0 Å². The molecule has 0 saturated carbocycles. The normalized spacial score (nSPS) is 15.4. The molecular formula is C10H21NO. The lowest BCUT2D eigenvalue weighted by Crippen LogP contribution is -2.19. The van der Waals surface area contributed by atoms with E-state index in [9.17, 15) is 0 Å². The van der Waals surface area contributed by atoms with E-state index < -0.39 is 0 Å². The first kappa shape index (κ1) is 11.7. The molecule has 0 saturated heterocycles. The topological polar surface area (TPSA) is 35.2 Å². The van der Waals surface area contributed by atoms with Crippen LogP contribution in [0.25, 0.3) is 0 Å². The van der Waals surface area contributed by atoms with Crippen molar-refractivity contribution in [3.8, 4) is 0 Å². The van der Waals surface area contributed by atoms with Gasteiger partial charge in [-0.1, -0.05) is 11.6 Å². The Morgan fingerprint density at radius 3 is 2.42 bits per heavy atom. The van der Waals surface area contributed by atoms with Crippen LogP contribution in [0, 0.1) is 0 Å². The van der Waals surface area contributed by atoms with Gasteiger partial charge in [-0.3, -0.25) is 0 Å². The second kappa shape index (κ2) is 6.21. The minimum Gasteiger partial charge on any atom is -0.382 e. The molecule has 72 valence electrons. The van der Waals surface area contributed by atoms with Gasteiger partial charge in [0.15, 0.2) is 0 Å². The van der Waals surface area contributed by atoms with Crippen molar-refractivity contribution in [1.29, 1.82) is 0 Å². The second-order valence-corrected chi connectivity index (χ2v) is 3.53. The second-order valence-electron chi connectivity index (χ2n) is 3.53. The van der Waals surface area contributed by atoms with Crippen LogP contribution in [-0.4, -0.2) is 19.3 Å². The van der Waals surface area contributed by atoms with E-state index in [1.54, 1.807) is 7.11 Å². The Morgan fingerprint density at radius 2 is 2.00 bits per heavy atom. The van der Waals surface area contributed by atoms with Crippen molar-refractivity contribution in [3.05, 3.63) is 11.6 Å². The van der Waals surface area contributed by atoms with Crippen molar-refractivity contribution in [3.63, 3.8) is 0 Å². The molecule has 2 unspecified atom stereocenters. The van der Waals surface area contributed by atoms with Crippen molar-refractivity contribution in [2.75, 3.05) is 7.11 Å². The number of ether oxygens (including phenoxy) is 1. The summed E-state index contributed by atoms with van der Waals surface area (Å²) in [5.41, 5.74) is 7.13. The maximum absolute atomic E-state index is 5.85. The third kappa shape index (κ3) is 6.38. The van der Waals surface area contributed by atoms with Crippen LogP contribution in [0.5, 0.6) is 0 Å². The van der Waals surface area contributed by atoms with Gasteiger partial charge in [-0.15, -0.1) is 0 Å². The predicted octanol–water partition coefficient (Wildman–Crippen LogP) is 2.09. The fourth-order valence-electron chi connectivity index (χ4n) is 1.06. The molecule has 0 aliphatic rings. The summed E-state index contributed by atoms with van der Waals surface area (Å²) in [6, 6.07) is 0.188. The minimum atomic E-state index is 0.188. The lowest BCUT2D eigenvalue weighted by atomic mass is 10.1. The Morgan fingerprint density at radius 1 is 1.42 bits per heavy atom. The zero-order valence-corrected chi connectivity index (χ0v) is 8.63. The molecule has 2 atom stereocenters. The van der Waals surface area contributed by atoms with Crippen LogP contribution in [0.4, 0.5) is 0 Å². The van der Waals surface area contributed by atoms with Gasteiger partial charge in [0.25, 0.3) is 0 Å². The summed E-state index contributed by atoms with van der Waals surface area (Å²) in [5.74, 6) is 0. The zero-order chi connectivity index (χ0) is 9.56. The van der Waals surface area contributed by atoms with Crippen molar-refractivity contribution in [1.82, 2.24) is 0 Å². The van der Waals surface area contributed by atoms with Gasteiger partial charge in [0.2, 0.25) is 0 Å². The molecule has 0 bridgehead atoms. The van der Waals surface area contributed by atoms with E-state index in [1.807, 2.05) is 0 Å². The molecule has 12 heavy (non-hydrogen) atoms. The van der Waals surface area contributed by atoms with Gasteiger partial charge in [-0.2, -0.15) is 0 Å². The summed E-state index contributed by atoms with van der Waals surface area (Å²) in [6.07, 6.45) is 4.45. The minimum absolute atomic E-state index is 0.188. The van der Waals surface area contributed by atoms with Crippen molar-refractivity contribution in [2.45, 2.75) is 45.8 Å². The van der Waals surface area contributed by atoms with E-state index in [0.29, 0.717) is 6.10 Å². The van der Waals surface area contributed by atoms with Crippen LogP contribution in [-0.2, 0) is 4.74 Å². The fraction of sp³-hybridized carbons (Fsp3) is 0.800. The van der Waals surface area contributed by atoms with Gasteiger partial charge >= 0.3 is 0 Å². The Bertz CT molecular complexity index is 139. The van der Waals surface area contributed by atoms with E-state index in [1.165, 1.54) is 5.57 Å². The zero-order valence-electron chi connectivity index (χ0n) is 8.63. The molecule has 0 aliphatic carbocycles. The highest BCUT2D eigenvalue weighted by molar-refractivity contribution is 4.99. The molecule has 0 aromatic heterocycles. The van der Waals surface area contributed by atoms with Crippen LogP contribution >= 0.6 is 0 Å². The van der Waals surface area contributed by atoms with Crippen LogP contribution < -0.4 is 5.73 Å². The Balaban J connectivity index is 3.57. The summed E-state index contributed by atoms with van der Waals surface area (Å²) in [7, 11) is 1.73. The van der Waals surface area contributed by atoms with Gasteiger partial charge < -0.3 is 10.5 Å². The van der Waals surface area contributed by atoms with Crippen LogP contribution in [0.3, 0.4) is 0 Å². The molecule has 0 rings (SSSR count). The van der Waals surface area contributed by atoms with Gasteiger partial charge in [0.05, 0.1) is 6.10 Å². The van der Waals surface area contributed by atoms with Gasteiger partial charge in [0, 0.05) is 13.2 Å². The number of nitrogens with two attached hydrogens (primary N) is 1. The third-order valence-electron chi connectivity index (χ3n) is 1.86. The summed E-state index contributed by atoms with van der Waals surface area (Å²) < 4.78 is 5.13. The largest absolute Gasteiger partial charge is 0.382 e. The highest BCUT2D eigenvalue weighted by Gasteiger charge is 2.02. The molecular weight excluding hydrogens is 150 g/mol. The summed E-state index contributed by atoms with van der Waals surface area (Å²) in [4.78, 5) is 0. The van der Waals surface area contributed by atoms with E-state index in [-0.39, 0.29) is 6.04 Å². The standard InChI is InChI=1S/C10H21NO/c1-8(2)7-10(11)6-5-9(3)12-4/h7,9-10H,5-6,11H2,1-4H3. The monoisotopic (exact) mass is 171 g/mol. The van der Waals surface area contributed by atoms with Gasteiger partial charge in [-0.05, 0) is 33.6 Å². The highest BCUT2D eigenvalue weighted by atomic mass is 16.5. The summed E-state index contributed by atoms with van der Waals surface area (Å²) in [5, 5.41) is 0. The molecule has 0 spiro atoms. The average molecular weight is 171 g/mol. The Kier molecular flexibility index (Phi) is 6.03. The van der Waals surface area contributed by atoms with E-state index in [2.05, 4.69) is 26.8 Å². The molecule has 0 radical (unpaired) electrons. The third-order valence-corrected chi connectivity index (χ3v) is 1.86. The SMILES string of the molecule is COC(C)CCC(N)C=C(C)C. The van der Waals surface area contributed by atoms with Gasteiger partial charge in [0.1, 0.15) is 0 Å². The summed E-state index contributed by atoms with van der Waals surface area (Å²) in [6.45, 7) is 6.20. The molecule has 2 N–H and O–H groups in total. The highest BCUT2D eigenvalue weighted by Crippen LogP contribution is 2.04. The van der Waals surface area contributed by atoms with Crippen LogP contribution in [0.15, 0.2) is 11.6 Å². The smallest absolute Gasteiger partial charge is 0.0543 e. The number of allylic oxidation sites excluding steroid dienone is 1. The van der Waals surface area contributed by atoms with Crippen molar-refractivity contribution >= 4 is 0 Å². The number of hydrogen-bond acceptors (Lipinski definition) is 2.